The van der Waals surface area contributed by atoms with E-state index in [1.54, 1.807) is 31.4 Å². The molecule has 33 heavy (non-hydrogen) atoms. The predicted molar refractivity (Wildman–Crippen MR) is 130 cm³/mol. The standard InChI is InChI=1S/C25H25ClN2O4S/c1-31-22-12-6-18(7-13-22)16-27-25(29)32-17-21-11-8-19-4-2-3-5-24(19)28(21)33(30)23-14-9-20(26)10-15-23/h2-7,9-10,12-15,21H,8,11,16-17H2,1H3,(H,27,29). The van der Waals surface area contributed by atoms with Crippen LogP contribution in [-0.4, -0.2) is 30.1 Å². The third kappa shape index (κ3) is 5.67. The molecule has 3 aromatic carbocycles. The van der Waals surface area contributed by atoms with Gasteiger partial charge in [0.1, 0.15) is 12.4 Å². The van der Waals surface area contributed by atoms with E-state index in [2.05, 4.69) is 5.32 Å². The predicted octanol–water partition coefficient (Wildman–Crippen LogP) is 5.12. The maximum atomic E-state index is 13.5. The van der Waals surface area contributed by atoms with Gasteiger partial charge in [0.2, 0.25) is 0 Å². The molecule has 0 bridgehead atoms. The Bertz CT molecular complexity index is 1120. The van der Waals surface area contributed by atoms with E-state index in [1.165, 1.54) is 0 Å². The zero-order valence-corrected chi connectivity index (χ0v) is 19.8. The van der Waals surface area contributed by atoms with Crippen LogP contribution in [0.1, 0.15) is 17.5 Å². The number of amides is 1. The fourth-order valence-corrected chi connectivity index (χ4v) is 5.27. The maximum absolute atomic E-state index is 13.5. The molecule has 3 aromatic rings. The van der Waals surface area contributed by atoms with Crippen LogP contribution >= 0.6 is 11.6 Å². The van der Waals surface area contributed by atoms with Crippen molar-refractivity contribution in [3.8, 4) is 5.75 Å². The molecular weight excluding hydrogens is 460 g/mol. The smallest absolute Gasteiger partial charge is 0.407 e. The van der Waals surface area contributed by atoms with Gasteiger partial charge < -0.3 is 14.8 Å². The van der Waals surface area contributed by atoms with Crippen LogP contribution in [0, 0.1) is 0 Å². The van der Waals surface area contributed by atoms with Gasteiger partial charge >= 0.3 is 6.09 Å². The molecule has 0 aliphatic carbocycles. The number of carbonyl (C=O) groups excluding carboxylic acids is 1. The van der Waals surface area contributed by atoms with E-state index in [1.807, 2.05) is 52.8 Å². The zero-order valence-electron chi connectivity index (χ0n) is 18.2. The molecule has 1 amide bonds. The molecule has 0 fully saturated rings. The highest BCUT2D eigenvalue weighted by atomic mass is 35.5. The van der Waals surface area contributed by atoms with Gasteiger partial charge in [0.15, 0.2) is 11.0 Å². The normalized spacial score (nSPS) is 15.9. The number of fused-ring (bicyclic) bond motifs is 1. The van der Waals surface area contributed by atoms with E-state index >= 15 is 0 Å². The molecule has 2 unspecified atom stereocenters. The molecule has 8 heteroatoms. The minimum Gasteiger partial charge on any atom is -0.497 e. The number of aryl methyl sites for hydroxylation is 1. The Balaban J connectivity index is 1.43. The monoisotopic (exact) mass is 484 g/mol. The Kier molecular flexibility index (Phi) is 7.52. The van der Waals surface area contributed by atoms with Crippen LogP contribution in [-0.2, 0) is 28.7 Å². The Morgan fingerprint density at radius 3 is 2.55 bits per heavy atom. The summed E-state index contributed by atoms with van der Waals surface area (Å²) >= 11 is 6.00. The molecule has 172 valence electrons. The molecule has 6 nitrogen and oxygen atoms in total. The Morgan fingerprint density at radius 1 is 1.09 bits per heavy atom. The van der Waals surface area contributed by atoms with E-state index in [-0.39, 0.29) is 12.6 Å². The summed E-state index contributed by atoms with van der Waals surface area (Å²) in [5.41, 5.74) is 2.95. The van der Waals surface area contributed by atoms with Gasteiger partial charge in [-0.25, -0.2) is 9.00 Å². The number of carbonyl (C=O) groups is 1. The first-order valence-corrected chi connectivity index (χ1v) is 12.1. The number of methoxy groups -OCH3 is 1. The van der Waals surface area contributed by atoms with Gasteiger partial charge in [0.25, 0.3) is 0 Å². The summed E-state index contributed by atoms with van der Waals surface area (Å²) in [7, 11) is 0.139. The fourth-order valence-electron chi connectivity index (χ4n) is 3.75. The van der Waals surface area contributed by atoms with Crippen LogP contribution in [0.25, 0.3) is 0 Å². The number of para-hydroxylation sites is 1. The van der Waals surface area contributed by atoms with Crippen molar-refractivity contribution in [2.75, 3.05) is 18.0 Å². The van der Waals surface area contributed by atoms with Crippen molar-refractivity contribution >= 4 is 34.4 Å². The van der Waals surface area contributed by atoms with Crippen molar-refractivity contribution in [1.82, 2.24) is 5.32 Å². The van der Waals surface area contributed by atoms with Gasteiger partial charge in [-0.05, 0) is 66.4 Å². The molecule has 0 aromatic heterocycles. The van der Waals surface area contributed by atoms with Gasteiger partial charge in [-0.1, -0.05) is 41.9 Å². The number of nitrogens with one attached hydrogen (secondary N) is 1. The number of benzene rings is 3. The number of nitrogens with zero attached hydrogens (tertiary/aromatic N) is 1. The van der Waals surface area contributed by atoms with Crippen molar-refractivity contribution in [1.29, 1.82) is 0 Å². The maximum Gasteiger partial charge on any atom is 0.407 e. The van der Waals surface area contributed by atoms with E-state index in [4.69, 9.17) is 21.1 Å². The molecule has 1 aliphatic rings. The molecular formula is C25H25ClN2O4S. The second-order valence-corrected chi connectivity index (χ2v) is 9.45. The topological polar surface area (TPSA) is 67.9 Å². The Morgan fingerprint density at radius 2 is 1.82 bits per heavy atom. The molecule has 1 heterocycles. The molecule has 1 aliphatic heterocycles. The number of ether oxygens (including phenoxy) is 2. The number of alkyl carbamates (subject to hydrolysis) is 1. The Hall–Kier alpha value is -3.03. The quantitative estimate of drug-likeness (QED) is 0.505. The van der Waals surface area contributed by atoms with Crippen LogP contribution in [0.5, 0.6) is 5.75 Å². The van der Waals surface area contributed by atoms with Crippen LogP contribution in [0.4, 0.5) is 10.5 Å². The summed E-state index contributed by atoms with van der Waals surface area (Å²) in [6.45, 7) is 0.471. The number of hydrogen-bond donors (Lipinski definition) is 1. The fraction of sp³-hybridized carbons (Fsp3) is 0.240. The summed E-state index contributed by atoms with van der Waals surface area (Å²) in [4.78, 5) is 13.0. The number of anilines is 1. The van der Waals surface area contributed by atoms with E-state index in [0.29, 0.717) is 16.5 Å². The summed E-state index contributed by atoms with van der Waals surface area (Å²) in [5.74, 6) is 0.757. The highest BCUT2D eigenvalue weighted by Gasteiger charge is 2.32. The van der Waals surface area contributed by atoms with Crippen molar-refractivity contribution in [2.45, 2.75) is 30.3 Å². The summed E-state index contributed by atoms with van der Waals surface area (Å²) in [6.07, 6.45) is 1.04. The van der Waals surface area contributed by atoms with Crippen LogP contribution < -0.4 is 14.4 Å². The van der Waals surface area contributed by atoms with Gasteiger partial charge in [0.05, 0.1) is 23.7 Å². The van der Waals surface area contributed by atoms with E-state index in [0.717, 1.165) is 35.4 Å². The zero-order chi connectivity index (χ0) is 23.2. The number of hydrogen-bond acceptors (Lipinski definition) is 4. The number of rotatable bonds is 7. The van der Waals surface area contributed by atoms with Gasteiger partial charge in [0, 0.05) is 11.6 Å². The van der Waals surface area contributed by atoms with Gasteiger partial charge in [-0.15, -0.1) is 0 Å². The molecule has 0 saturated heterocycles. The lowest BCUT2D eigenvalue weighted by atomic mass is 9.98. The lowest BCUT2D eigenvalue weighted by Gasteiger charge is -2.37. The average molecular weight is 485 g/mol. The van der Waals surface area contributed by atoms with Crippen LogP contribution in [0.15, 0.2) is 77.7 Å². The molecule has 0 spiro atoms. The van der Waals surface area contributed by atoms with Crippen molar-refractivity contribution in [2.24, 2.45) is 0 Å². The SMILES string of the molecule is COc1ccc(CNC(=O)OCC2CCc3ccccc3N2S(=O)c2ccc(Cl)cc2)cc1. The largest absolute Gasteiger partial charge is 0.497 e. The first kappa shape index (κ1) is 23.1. The molecule has 4 rings (SSSR count). The second kappa shape index (κ2) is 10.7. The van der Waals surface area contributed by atoms with Crippen molar-refractivity contribution in [3.05, 3.63) is 88.9 Å². The lowest BCUT2D eigenvalue weighted by molar-refractivity contribution is 0.137. The molecule has 0 radical (unpaired) electrons. The highest BCUT2D eigenvalue weighted by Crippen LogP contribution is 2.34. The molecule has 0 saturated carbocycles. The highest BCUT2D eigenvalue weighted by molar-refractivity contribution is 7.86. The summed E-state index contributed by atoms with van der Waals surface area (Å²) < 4.78 is 26.0. The third-order valence-electron chi connectivity index (χ3n) is 5.50. The van der Waals surface area contributed by atoms with E-state index in [9.17, 15) is 9.00 Å². The minimum absolute atomic E-state index is 0.127. The first-order chi connectivity index (χ1) is 16.0. The van der Waals surface area contributed by atoms with Crippen molar-refractivity contribution in [3.63, 3.8) is 0 Å². The van der Waals surface area contributed by atoms with E-state index < -0.39 is 17.1 Å². The average Bonchev–Trinajstić information content (AvgIpc) is 2.86. The van der Waals surface area contributed by atoms with Gasteiger partial charge in [-0.3, -0.25) is 4.31 Å². The third-order valence-corrected chi connectivity index (χ3v) is 7.28. The van der Waals surface area contributed by atoms with Crippen molar-refractivity contribution < 1.29 is 18.5 Å². The summed E-state index contributed by atoms with van der Waals surface area (Å²) in [6, 6.07) is 22.1. The van der Waals surface area contributed by atoms with Crippen LogP contribution in [0.2, 0.25) is 5.02 Å². The van der Waals surface area contributed by atoms with Crippen LogP contribution in [0.3, 0.4) is 0 Å². The first-order valence-electron chi connectivity index (χ1n) is 10.6. The Labute approximate surface area is 201 Å². The minimum atomic E-state index is -1.47. The lowest BCUT2D eigenvalue weighted by Crippen LogP contribution is -2.44. The van der Waals surface area contributed by atoms with Gasteiger partial charge in [-0.2, -0.15) is 0 Å². The molecule has 2 atom stereocenters. The summed E-state index contributed by atoms with van der Waals surface area (Å²) in [5, 5.41) is 3.35. The molecule has 1 N–H and O–H groups in total. The number of halogens is 1. The second-order valence-electron chi connectivity index (χ2n) is 7.65.